The third-order valence-electron chi connectivity index (χ3n) is 4.77. The molecule has 19 heavy (non-hydrogen) atoms. The molecule has 4 rings (SSSR count). The Labute approximate surface area is 114 Å². The largest absolute Gasteiger partial charge is 0.343 e. The fraction of sp³-hybridized carbons (Fsp3) is 0.412. The Balaban J connectivity index is 1.94. The Morgan fingerprint density at radius 1 is 1.42 bits per heavy atom. The molecule has 0 spiro atoms. The smallest absolute Gasteiger partial charge is 0.0489 e. The number of allylic oxidation sites excluding steroid dienone is 1. The maximum atomic E-state index is 3.87. The van der Waals surface area contributed by atoms with Crippen molar-refractivity contribution in [3.63, 3.8) is 0 Å². The lowest BCUT2D eigenvalue weighted by atomic mass is 9.76. The Bertz CT molecular complexity index is 638. The van der Waals surface area contributed by atoms with Crippen LogP contribution in [-0.4, -0.2) is 17.2 Å². The van der Waals surface area contributed by atoms with E-state index in [-0.39, 0.29) is 0 Å². The highest BCUT2D eigenvalue weighted by molar-refractivity contribution is 5.89. The van der Waals surface area contributed by atoms with E-state index in [1.807, 2.05) is 6.08 Å². The molecule has 0 saturated carbocycles. The summed E-state index contributed by atoms with van der Waals surface area (Å²) in [5, 5.41) is 5.24. The van der Waals surface area contributed by atoms with Crippen molar-refractivity contribution < 1.29 is 0 Å². The first-order valence-corrected chi connectivity index (χ1v) is 7.33. The minimum atomic E-state index is 0.645. The van der Waals surface area contributed by atoms with E-state index in [0.29, 0.717) is 12.0 Å². The number of piperidine rings is 1. The highest BCUT2D eigenvalue weighted by Gasteiger charge is 2.33. The predicted octanol–water partition coefficient (Wildman–Crippen LogP) is 3.22. The summed E-state index contributed by atoms with van der Waals surface area (Å²) >= 11 is 0. The van der Waals surface area contributed by atoms with Crippen LogP contribution in [-0.2, 0) is 13.0 Å². The molecule has 0 radical (unpaired) electrons. The van der Waals surface area contributed by atoms with E-state index in [1.54, 1.807) is 5.56 Å². The van der Waals surface area contributed by atoms with Crippen LogP contribution in [0, 0.1) is 0 Å². The van der Waals surface area contributed by atoms with Gasteiger partial charge in [-0.3, -0.25) is 0 Å². The van der Waals surface area contributed by atoms with E-state index in [4.69, 9.17) is 0 Å². The van der Waals surface area contributed by atoms with Crippen molar-refractivity contribution in [2.45, 2.75) is 37.8 Å². The van der Waals surface area contributed by atoms with Gasteiger partial charge in [0.25, 0.3) is 0 Å². The van der Waals surface area contributed by atoms with Gasteiger partial charge in [0.15, 0.2) is 0 Å². The summed E-state index contributed by atoms with van der Waals surface area (Å²) in [7, 11) is 0. The van der Waals surface area contributed by atoms with E-state index < -0.39 is 0 Å². The van der Waals surface area contributed by atoms with Crippen LogP contribution >= 0.6 is 0 Å². The minimum Gasteiger partial charge on any atom is -0.343 e. The molecule has 1 aromatic carbocycles. The molecular weight excluding hydrogens is 232 g/mol. The summed E-state index contributed by atoms with van der Waals surface area (Å²) in [6.45, 7) is 5.96. The number of nitrogens with one attached hydrogen (secondary N) is 1. The average molecular weight is 252 g/mol. The van der Waals surface area contributed by atoms with Gasteiger partial charge in [0.2, 0.25) is 0 Å². The van der Waals surface area contributed by atoms with E-state index in [1.165, 1.54) is 42.3 Å². The van der Waals surface area contributed by atoms with Crippen molar-refractivity contribution in [2.75, 3.05) is 6.54 Å². The van der Waals surface area contributed by atoms with Crippen LogP contribution in [0.15, 0.2) is 37.1 Å². The van der Waals surface area contributed by atoms with Gasteiger partial charge in [-0.15, -0.1) is 6.58 Å². The lowest BCUT2D eigenvalue weighted by Gasteiger charge is -2.36. The van der Waals surface area contributed by atoms with Gasteiger partial charge in [-0.25, -0.2) is 0 Å². The van der Waals surface area contributed by atoms with Gasteiger partial charge in [0, 0.05) is 35.6 Å². The molecule has 2 heterocycles. The number of nitrogens with zero attached hydrogens (tertiary/aromatic N) is 1. The molecule has 0 unspecified atom stereocenters. The first kappa shape index (κ1) is 11.3. The average Bonchev–Trinajstić information content (AvgIpc) is 2.79. The molecule has 2 atom stereocenters. The van der Waals surface area contributed by atoms with Gasteiger partial charge >= 0.3 is 0 Å². The monoisotopic (exact) mass is 252 g/mol. The van der Waals surface area contributed by atoms with E-state index in [9.17, 15) is 0 Å². The van der Waals surface area contributed by atoms with Gasteiger partial charge < -0.3 is 9.88 Å². The summed E-state index contributed by atoms with van der Waals surface area (Å²) < 4.78 is 2.35. The third kappa shape index (κ3) is 1.59. The molecule has 2 nitrogen and oxygen atoms in total. The number of aromatic nitrogens is 1. The van der Waals surface area contributed by atoms with E-state index in [0.717, 1.165) is 6.54 Å². The fourth-order valence-electron chi connectivity index (χ4n) is 4.00. The summed E-state index contributed by atoms with van der Waals surface area (Å²) in [5.41, 5.74) is 4.47. The SMILES string of the molecule is C=CCn1cc2c3c(cccc31)[C@H]1CCCN[C@@H]1C2. The van der Waals surface area contributed by atoms with Crippen LogP contribution in [0.4, 0.5) is 0 Å². The number of hydrogen-bond acceptors (Lipinski definition) is 1. The standard InChI is InChI=1S/C17H20N2/c1-2-9-19-11-12-10-15-13(6-4-8-18-15)14-5-3-7-16(19)17(12)14/h2-3,5,7,11,13,15,18H,1,4,6,8-10H2/t13-,15-/m1/s1. The van der Waals surface area contributed by atoms with Gasteiger partial charge in [0.05, 0.1) is 0 Å². The van der Waals surface area contributed by atoms with Crippen LogP contribution in [0.3, 0.4) is 0 Å². The van der Waals surface area contributed by atoms with E-state index in [2.05, 4.69) is 40.9 Å². The second-order valence-electron chi connectivity index (χ2n) is 5.85. The number of rotatable bonds is 2. The third-order valence-corrected chi connectivity index (χ3v) is 4.77. The molecule has 1 saturated heterocycles. The summed E-state index contributed by atoms with van der Waals surface area (Å²) in [4.78, 5) is 0. The quantitative estimate of drug-likeness (QED) is 0.812. The molecule has 2 aromatic rings. The topological polar surface area (TPSA) is 17.0 Å². The van der Waals surface area contributed by atoms with Crippen LogP contribution < -0.4 is 5.32 Å². The molecule has 1 fully saturated rings. The van der Waals surface area contributed by atoms with Gasteiger partial charge in [0.1, 0.15) is 0 Å². The van der Waals surface area contributed by atoms with Crippen LogP contribution in [0.1, 0.15) is 29.9 Å². The molecule has 1 aliphatic carbocycles. The zero-order valence-electron chi connectivity index (χ0n) is 11.2. The molecule has 0 amide bonds. The molecule has 1 N–H and O–H groups in total. The molecular formula is C17H20N2. The Morgan fingerprint density at radius 2 is 2.37 bits per heavy atom. The van der Waals surface area contributed by atoms with Crippen LogP contribution in [0.25, 0.3) is 10.9 Å². The van der Waals surface area contributed by atoms with Gasteiger partial charge in [-0.2, -0.15) is 0 Å². The molecule has 98 valence electrons. The molecule has 2 heteroatoms. The first-order chi connectivity index (χ1) is 9.38. The zero-order valence-corrected chi connectivity index (χ0v) is 11.2. The number of hydrogen-bond donors (Lipinski definition) is 1. The predicted molar refractivity (Wildman–Crippen MR) is 79.6 cm³/mol. The van der Waals surface area contributed by atoms with Crippen molar-refractivity contribution in [2.24, 2.45) is 0 Å². The normalized spacial score (nSPS) is 25.3. The highest BCUT2D eigenvalue weighted by Crippen LogP contribution is 2.41. The second kappa shape index (κ2) is 4.24. The van der Waals surface area contributed by atoms with Crippen molar-refractivity contribution in [3.8, 4) is 0 Å². The summed E-state index contributed by atoms with van der Waals surface area (Å²) in [6, 6.07) is 7.46. The molecule has 0 bridgehead atoms. The maximum Gasteiger partial charge on any atom is 0.0489 e. The fourth-order valence-corrected chi connectivity index (χ4v) is 4.00. The second-order valence-corrected chi connectivity index (χ2v) is 5.85. The highest BCUT2D eigenvalue weighted by atomic mass is 15.0. The number of fused-ring (bicyclic) bond motifs is 2. The molecule has 1 aromatic heterocycles. The summed E-state index contributed by atoms with van der Waals surface area (Å²) in [5.74, 6) is 0.713. The van der Waals surface area contributed by atoms with Crippen molar-refractivity contribution in [3.05, 3.63) is 48.2 Å². The Morgan fingerprint density at radius 3 is 3.26 bits per heavy atom. The lowest BCUT2D eigenvalue weighted by Crippen LogP contribution is -2.43. The van der Waals surface area contributed by atoms with Gasteiger partial charge in [-0.05, 0) is 43.0 Å². The van der Waals surface area contributed by atoms with Crippen molar-refractivity contribution >= 4 is 10.9 Å². The van der Waals surface area contributed by atoms with Gasteiger partial charge in [-0.1, -0.05) is 18.2 Å². The molecule has 2 aliphatic rings. The van der Waals surface area contributed by atoms with Crippen LogP contribution in [0.5, 0.6) is 0 Å². The minimum absolute atomic E-state index is 0.645. The first-order valence-electron chi connectivity index (χ1n) is 7.33. The number of benzene rings is 1. The van der Waals surface area contributed by atoms with Crippen molar-refractivity contribution in [1.29, 1.82) is 0 Å². The maximum absolute atomic E-state index is 3.87. The zero-order chi connectivity index (χ0) is 12.8. The molecule has 1 aliphatic heterocycles. The summed E-state index contributed by atoms with van der Waals surface area (Å²) in [6.07, 6.45) is 8.15. The van der Waals surface area contributed by atoms with Crippen LogP contribution in [0.2, 0.25) is 0 Å². The van der Waals surface area contributed by atoms with E-state index >= 15 is 0 Å². The Hall–Kier alpha value is -1.54. The van der Waals surface area contributed by atoms with Crippen molar-refractivity contribution in [1.82, 2.24) is 9.88 Å². The Kier molecular flexibility index (Phi) is 2.52. The lowest BCUT2D eigenvalue weighted by molar-refractivity contribution is 0.345.